The highest BCUT2D eigenvalue weighted by molar-refractivity contribution is 6.10. The van der Waals surface area contributed by atoms with Crippen LogP contribution in [0, 0.1) is 0 Å². The maximum atomic E-state index is 6.39. The summed E-state index contributed by atoms with van der Waals surface area (Å²) in [5, 5.41) is 4.61. The average molecular weight is 641 g/mol. The molecule has 3 heterocycles. The van der Waals surface area contributed by atoms with Crippen molar-refractivity contribution < 1.29 is 4.42 Å². The number of furan rings is 1. The van der Waals surface area contributed by atoms with Gasteiger partial charge in [-0.2, -0.15) is 0 Å². The standard InChI is InChI=1S/C45H28N4O/c1-2-12-30(13-3-1)43-46-44(48-45(47-43)38-20-11-19-37-36-18-6-9-23-41(36)50-42(37)38)32-15-10-14-31(28-32)29-24-26-33(27-25-29)49-39-21-7-4-16-34(39)35-17-5-8-22-40(35)49/h1-28H. The van der Waals surface area contributed by atoms with Crippen molar-refractivity contribution in [1.29, 1.82) is 0 Å². The van der Waals surface area contributed by atoms with Gasteiger partial charge in [0.2, 0.25) is 0 Å². The molecule has 3 aromatic heterocycles. The summed E-state index contributed by atoms with van der Waals surface area (Å²) in [5.74, 6) is 1.78. The van der Waals surface area contributed by atoms with Gasteiger partial charge >= 0.3 is 0 Å². The number of para-hydroxylation sites is 4. The Morgan fingerprint density at radius 1 is 0.380 bits per heavy atom. The third-order valence-electron chi connectivity index (χ3n) is 9.47. The van der Waals surface area contributed by atoms with Gasteiger partial charge < -0.3 is 8.98 Å². The van der Waals surface area contributed by atoms with Gasteiger partial charge in [0.15, 0.2) is 17.5 Å². The van der Waals surface area contributed by atoms with Gasteiger partial charge in [-0.05, 0) is 53.6 Å². The molecule has 7 aromatic carbocycles. The fraction of sp³-hybridized carbons (Fsp3) is 0. The molecule has 10 aromatic rings. The Morgan fingerprint density at radius 2 is 0.940 bits per heavy atom. The molecule has 0 atom stereocenters. The largest absolute Gasteiger partial charge is 0.455 e. The monoisotopic (exact) mass is 640 g/mol. The van der Waals surface area contributed by atoms with Crippen LogP contribution in [0.5, 0.6) is 0 Å². The topological polar surface area (TPSA) is 56.7 Å². The Kier molecular flexibility index (Phi) is 6.42. The van der Waals surface area contributed by atoms with Gasteiger partial charge in [0.25, 0.3) is 0 Å². The number of benzene rings is 7. The first kappa shape index (κ1) is 28.2. The zero-order valence-corrected chi connectivity index (χ0v) is 26.9. The lowest BCUT2D eigenvalue weighted by Crippen LogP contribution is -2.00. The lowest BCUT2D eigenvalue weighted by atomic mass is 10.0. The van der Waals surface area contributed by atoms with Crippen LogP contribution in [0.25, 0.3) is 94.7 Å². The van der Waals surface area contributed by atoms with Crippen LogP contribution in [0.1, 0.15) is 0 Å². The summed E-state index contributed by atoms with van der Waals surface area (Å²) in [5.41, 5.74) is 9.97. The zero-order chi connectivity index (χ0) is 33.0. The molecule has 0 aliphatic heterocycles. The van der Waals surface area contributed by atoms with E-state index >= 15 is 0 Å². The molecular weight excluding hydrogens is 613 g/mol. The van der Waals surface area contributed by atoms with E-state index in [1.165, 1.54) is 21.8 Å². The Balaban J connectivity index is 1.08. The zero-order valence-electron chi connectivity index (χ0n) is 26.9. The van der Waals surface area contributed by atoms with Crippen LogP contribution < -0.4 is 0 Å². The summed E-state index contributed by atoms with van der Waals surface area (Å²) in [7, 11) is 0. The highest BCUT2D eigenvalue weighted by atomic mass is 16.3. The minimum atomic E-state index is 0.569. The van der Waals surface area contributed by atoms with Crippen molar-refractivity contribution in [2.75, 3.05) is 0 Å². The fourth-order valence-corrected chi connectivity index (χ4v) is 7.11. The maximum Gasteiger partial charge on any atom is 0.167 e. The first-order valence-electron chi connectivity index (χ1n) is 16.7. The molecule has 10 rings (SSSR count). The van der Waals surface area contributed by atoms with E-state index in [-0.39, 0.29) is 0 Å². The van der Waals surface area contributed by atoms with Gasteiger partial charge in [-0.3, -0.25) is 0 Å². The van der Waals surface area contributed by atoms with Gasteiger partial charge in [0.05, 0.1) is 16.6 Å². The summed E-state index contributed by atoms with van der Waals surface area (Å²) >= 11 is 0. The number of nitrogens with zero attached hydrogens (tertiary/aromatic N) is 4. The van der Waals surface area contributed by atoms with Gasteiger partial charge in [0.1, 0.15) is 11.2 Å². The van der Waals surface area contributed by atoms with Crippen molar-refractivity contribution in [3.05, 3.63) is 170 Å². The molecule has 0 N–H and O–H groups in total. The average Bonchev–Trinajstić information content (AvgIpc) is 3.74. The third kappa shape index (κ3) is 4.60. The minimum Gasteiger partial charge on any atom is -0.455 e. The molecule has 0 aliphatic rings. The van der Waals surface area contributed by atoms with Crippen LogP contribution >= 0.6 is 0 Å². The fourth-order valence-electron chi connectivity index (χ4n) is 7.11. The first-order valence-corrected chi connectivity index (χ1v) is 16.7. The maximum absolute atomic E-state index is 6.39. The van der Waals surface area contributed by atoms with Gasteiger partial charge in [0, 0.05) is 38.4 Å². The van der Waals surface area contributed by atoms with Gasteiger partial charge in [-0.1, -0.05) is 127 Å². The Bertz CT molecular complexity index is 2810. The van der Waals surface area contributed by atoms with E-state index in [0.29, 0.717) is 17.5 Å². The lowest BCUT2D eigenvalue weighted by molar-refractivity contribution is 0.669. The van der Waals surface area contributed by atoms with Crippen molar-refractivity contribution in [2.24, 2.45) is 0 Å². The van der Waals surface area contributed by atoms with E-state index in [1.807, 2.05) is 60.7 Å². The molecule has 5 nitrogen and oxygen atoms in total. The van der Waals surface area contributed by atoms with Crippen molar-refractivity contribution in [2.45, 2.75) is 0 Å². The SMILES string of the molecule is c1ccc(-c2nc(-c3cccc(-c4ccc(-n5c6ccccc6c6ccccc65)cc4)c3)nc(-c3cccc4c3oc3ccccc34)n2)cc1. The summed E-state index contributed by atoms with van der Waals surface area (Å²) < 4.78 is 8.73. The van der Waals surface area contributed by atoms with Crippen LogP contribution in [0.2, 0.25) is 0 Å². The molecule has 0 unspecified atom stereocenters. The molecule has 0 fully saturated rings. The molecule has 0 aliphatic carbocycles. The second kappa shape index (κ2) is 11.4. The van der Waals surface area contributed by atoms with E-state index in [1.54, 1.807) is 0 Å². The Labute approximate surface area is 287 Å². The van der Waals surface area contributed by atoms with Crippen LogP contribution in [0.3, 0.4) is 0 Å². The molecule has 5 heteroatoms. The number of hydrogen-bond acceptors (Lipinski definition) is 4. The third-order valence-corrected chi connectivity index (χ3v) is 9.47. The molecule has 0 radical (unpaired) electrons. The van der Waals surface area contributed by atoms with Gasteiger partial charge in [-0.25, -0.2) is 15.0 Å². The van der Waals surface area contributed by atoms with E-state index in [0.717, 1.165) is 55.4 Å². The predicted molar refractivity (Wildman–Crippen MR) is 203 cm³/mol. The van der Waals surface area contributed by atoms with Crippen molar-refractivity contribution in [3.63, 3.8) is 0 Å². The van der Waals surface area contributed by atoms with Crippen LogP contribution in [0.15, 0.2) is 174 Å². The molecule has 0 saturated heterocycles. The molecular formula is C45H28N4O. The molecule has 0 spiro atoms. The molecule has 0 bridgehead atoms. The van der Waals surface area contributed by atoms with Crippen molar-refractivity contribution in [1.82, 2.24) is 19.5 Å². The smallest absolute Gasteiger partial charge is 0.167 e. The number of fused-ring (bicyclic) bond motifs is 6. The minimum absolute atomic E-state index is 0.569. The molecule has 50 heavy (non-hydrogen) atoms. The highest BCUT2D eigenvalue weighted by Gasteiger charge is 2.18. The van der Waals surface area contributed by atoms with E-state index in [2.05, 4.69) is 114 Å². The van der Waals surface area contributed by atoms with Gasteiger partial charge in [-0.15, -0.1) is 0 Å². The van der Waals surface area contributed by atoms with E-state index in [9.17, 15) is 0 Å². The van der Waals surface area contributed by atoms with Crippen LogP contribution in [-0.4, -0.2) is 19.5 Å². The first-order chi connectivity index (χ1) is 24.8. The quantitative estimate of drug-likeness (QED) is 0.188. The number of aromatic nitrogens is 4. The van der Waals surface area contributed by atoms with Crippen LogP contribution in [0.4, 0.5) is 0 Å². The predicted octanol–water partition coefficient (Wildman–Crippen LogP) is 11.5. The normalized spacial score (nSPS) is 11.6. The Hall–Kier alpha value is -6.85. The Morgan fingerprint density at radius 3 is 1.70 bits per heavy atom. The van der Waals surface area contributed by atoms with Crippen molar-refractivity contribution in [3.8, 4) is 51.0 Å². The summed E-state index contributed by atoms with van der Waals surface area (Å²) in [6.45, 7) is 0. The summed E-state index contributed by atoms with van der Waals surface area (Å²) in [4.78, 5) is 15.1. The van der Waals surface area contributed by atoms with E-state index < -0.39 is 0 Å². The number of rotatable bonds is 5. The van der Waals surface area contributed by atoms with Crippen LogP contribution in [-0.2, 0) is 0 Å². The summed E-state index contributed by atoms with van der Waals surface area (Å²) in [6, 6.07) is 58.7. The molecule has 0 amide bonds. The van der Waals surface area contributed by atoms with E-state index in [4.69, 9.17) is 19.4 Å². The number of hydrogen-bond donors (Lipinski definition) is 0. The lowest BCUT2D eigenvalue weighted by Gasteiger charge is -2.11. The van der Waals surface area contributed by atoms with Crippen molar-refractivity contribution >= 4 is 43.7 Å². The second-order valence-corrected chi connectivity index (χ2v) is 12.5. The molecule has 234 valence electrons. The highest BCUT2D eigenvalue weighted by Crippen LogP contribution is 2.37. The summed E-state index contributed by atoms with van der Waals surface area (Å²) in [6.07, 6.45) is 0. The molecule has 0 saturated carbocycles. The second-order valence-electron chi connectivity index (χ2n) is 12.5.